The number of piperidine rings is 1. The summed E-state index contributed by atoms with van der Waals surface area (Å²) in [5.74, 6) is 1.32. The van der Waals surface area contributed by atoms with Gasteiger partial charge in [0.15, 0.2) is 18.1 Å². The lowest BCUT2D eigenvalue weighted by molar-refractivity contribution is -0.118. The third kappa shape index (κ3) is 6.25. The lowest BCUT2D eigenvalue weighted by Gasteiger charge is -2.32. The number of carbonyl (C=O) groups excluding carboxylic acids is 1. The second-order valence-electron chi connectivity index (χ2n) is 7.43. The summed E-state index contributed by atoms with van der Waals surface area (Å²) in [5, 5.41) is 3.50. The Morgan fingerprint density at radius 1 is 1.23 bits per heavy atom. The summed E-state index contributed by atoms with van der Waals surface area (Å²) in [4.78, 5) is 15.3. The number of anilines is 1. The van der Waals surface area contributed by atoms with Crippen LogP contribution in [-0.2, 0) is 4.79 Å². The van der Waals surface area contributed by atoms with E-state index in [0.29, 0.717) is 31.7 Å². The van der Waals surface area contributed by atoms with Crippen LogP contribution in [-0.4, -0.2) is 42.6 Å². The Morgan fingerprint density at radius 3 is 2.58 bits per heavy atom. The minimum absolute atomic E-state index is 0.205. The van der Waals surface area contributed by atoms with Crippen molar-refractivity contribution in [1.29, 1.82) is 0 Å². The molecule has 1 aliphatic rings. The molecule has 1 N–H and O–H groups in total. The fourth-order valence-corrected chi connectivity index (χ4v) is 4.44. The summed E-state index contributed by atoms with van der Waals surface area (Å²) < 4.78 is 11.9. The Morgan fingerprint density at radius 2 is 1.94 bits per heavy atom. The van der Waals surface area contributed by atoms with E-state index < -0.39 is 0 Å². The van der Waals surface area contributed by atoms with Gasteiger partial charge in [0.05, 0.1) is 21.6 Å². The summed E-state index contributed by atoms with van der Waals surface area (Å²) in [6.45, 7) is 3.97. The molecule has 2 aromatic rings. The molecule has 9 heteroatoms. The number of carbonyl (C=O) groups is 1. The largest absolute Gasteiger partial charge is 0.493 e. The highest BCUT2D eigenvalue weighted by Crippen LogP contribution is 2.37. The van der Waals surface area contributed by atoms with Gasteiger partial charge in [-0.1, -0.05) is 42.3 Å². The van der Waals surface area contributed by atoms with Gasteiger partial charge in [0.2, 0.25) is 0 Å². The molecule has 1 fully saturated rings. The zero-order chi connectivity index (χ0) is 22.5. The van der Waals surface area contributed by atoms with Crippen LogP contribution in [0.4, 0.5) is 5.69 Å². The molecule has 0 unspecified atom stereocenters. The zero-order valence-corrected chi connectivity index (χ0v) is 21.1. The van der Waals surface area contributed by atoms with Crippen molar-refractivity contribution >= 4 is 67.9 Å². The number of nitrogens with one attached hydrogen (secondary N) is 1. The van der Waals surface area contributed by atoms with Gasteiger partial charge < -0.3 is 19.7 Å². The zero-order valence-electron chi connectivity index (χ0n) is 17.2. The van der Waals surface area contributed by atoms with E-state index in [0.717, 1.165) is 42.4 Å². The molecule has 0 radical (unpaired) electrons. The van der Waals surface area contributed by atoms with Gasteiger partial charge in [-0.05, 0) is 65.0 Å². The Kier molecular flexibility index (Phi) is 8.44. The van der Waals surface area contributed by atoms with E-state index in [9.17, 15) is 4.79 Å². The Labute approximate surface area is 206 Å². The number of ether oxygens (including phenoxy) is 2. The van der Waals surface area contributed by atoms with Gasteiger partial charge in [-0.3, -0.25) is 4.79 Å². The number of hydrogen-bond acceptors (Lipinski definition) is 4. The van der Waals surface area contributed by atoms with Crippen LogP contribution in [0.2, 0.25) is 10.0 Å². The summed E-state index contributed by atoms with van der Waals surface area (Å²) >= 11 is 21.1. The van der Waals surface area contributed by atoms with Crippen LogP contribution in [0.3, 0.4) is 0 Å². The topological polar surface area (TPSA) is 50.8 Å². The molecule has 1 heterocycles. The van der Waals surface area contributed by atoms with Gasteiger partial charge in [-0.2, -0.15) is 0 Å². The minimum Gasteiger partial charge on any atom is -0.493 e. The van der Waals surface area contributed by atoms with E-state index >= 15 is 0 Å². The molecule has 5 nitrogen and oxygen atoms in total. The molecule has 31 heavy (non-hydrogen) atoms. The molecular formula is C22H23BrCl2N2O3S. The Balaban J connectivity index is 1.67. The Hall–Kier alpha value is -1.54. The van der Waals surface area contributed by atoms with Gasteiger partial charge >= 0.3 is 0 Å². The minimum atomic E-state index is -0.339. The highest BCUT2D eigenvalue weighted by atomic mass is 79.9. The lowest BCUT2D eigenvalue weighted by Crippen LogP contribution is -2.37. The molecule has 0 atom stereocenters. The first-order chi connectivity index (χ1) is 14.8. The van der Waals surface area contributed by atoms with Gasteiger partial charge in [-0.15, -0.1) is 0 Å². The van der Waals surface area contributed by atoms with E-state index in [1.54, 1.807) is 25.3 Å². The van der Waals surface area contributed by atoms with E-state index in [-0.39, 0.29) is 12.5 Å². The molecule has 0 aromatic heterocycles. The highest BCUT2D eigenvalue weighted by Gasteiger charge is 2.21. The summed E-state index contributed by atoms with van der Waals surface area (Å²) in [6, 6.07) is 8.60. The predicted octanol–water partition coefficient (Wildman–Crippen LogP) is 6.19. The third-order valence-corrected chi connectivity index (χ3v) is 6.92. The number of likely N-dealkylation sites (tertiary alicyclic amines) is 1. The summed E-state index contributed by atoms with van der Waals surface area (Å²) in [6.07, 6.45) is 2.27. The monoisotopic (exact) mass is 544 g/mol. The third-order valence-electron chi connectivity index (χ3n) is 5.10. The number of halogens is 3. The van der Waals surface area contributed by atoms with Gasteiger partial charge in [-0.25, -0.2) is 0 Å². The number of methoxy groups -OCH3 is 1. The molecule has 0 aliphatic carbocycles. The molecule has 166 valence electrons. The number of rotatable bonds is 6. The van der Waals surface area contributed by atoms with Crippen LogP contribution in [0.1, 0.15) is 25.3 Å². The molecule has 3 rings (SSSR count). The van der Waals surface area contributed by atoms with Crippen molar-refractivity contribution in [2.24, 2.45) is 5.92 Å². The normalized spacial score (nSPS) is 14.3. The second kappa shape index (κ2) is 10.9. The molecule has 0 spiro atoms. The van der Waals surface area contributed by atoms with Crippen molar-refractivity contribution in [3.63, 3.8) is 0 Å². The van der Waals surface area contributed by atoms with Crippen LogP contribution >= 0.6 is 51.3 Å². The molecule has 0 saturated carbocycles. The highest BCUT2D eigenvalue weighted by molar-refractivity contribution is 9.10. The van der Waals surface area contributed by atoms with Crippen molar-refractivity contribution < 1.29 is 14.3 Å². The van der Waals surface area contributed by atoms with Gasteiger partial charge in [0.1, 0.15) is 4.99 Å². The number of benzene rings is 2. The number of thiocarbonyl (C=S) groups is 1. The molecule has 1 aliphatic heterocycles. The molecule has 0 bridgehead atoms. The van der Waals surface area contributed by atoms with Crippen LogP contribution in [0.15, 0.2) is 34.8 Å². The maximum absolute atomic E-state index is 12.3. The second-order valence-corrected chi connectivity index (χ2v) is 9.49. The van der Waals surface area contributed by atoms with Crippen molar-refractivity contribution in [3.05, 3.63) is 50.4 Å². The average molecular weight is 546 g/mol. The standard InChI is InChI=1S/C22H23BrCl2N2O3S/c1-13-5-7-27(8-6-13)22(31)14-9-16(23)21(19(10-14)29-2)30-12-20(28)26-15-3-4-17(24)18(25)11-15/h3-4,9-11,13H,5-8,12H2,1-2H3,(H,26,28). The van der Waals surface area contributed by atoms with Gasteiger partial charge in [0, 0.05) is 24.3 Å². The van der Waals surface area contributed by atoms with Crippen LogP contribution in [0, 0.1) is 5.92 Å². The van der Waals surface area contributed by atoms with Crippen LogP contribution in [0.25, 0.3) is 0 Å². The predicted molar refractivity (Wildman–Crippen MR) is 133 cm³/mol. The van der Waals surface area contributed by atoms with Gasteiger partial charge in [0.25, 0.3) is 5.91 Å². The smallest absolute Gasteiger partial charge is 0.262 e. The van der Waals surface area contributed by atoms with Crippen molar-refractivity contribution in [2.45, 2.75) is 19.8 Å². The van der Waals surface area contributed by atoms with E-state index in [4.69, 9.17) is 44.9 Å². The first-order valence-corrected chi connectivity index (χ1v) is 11.8. The molecule has 1 amide bonds. The number of amides is 1. The average Bonchev–Trinajstić information content (AvgIpc) is 2.75. The maximum atomic E-state index is 12.3. The van der Waals surface area contributed by atoms with Crippen molar-refractivity contribution in [3.8, 4) is 11.5 Å². The van der Waals surface area contributed by atoms with Crippen molar-refractivity contribution in [2.75, 3.05) is 32.1 Å². The van der Waals surface area contributed by atoms with E-state index in [1.165, 1.54) is 0 Å². The number of hydrogen-bond donors (Lipinski definition) is 1. The van der Waals surface area contributed by atoms with E-state index in [2.05, 4.69) is 33.1 Å². The maximum Gasteiger partial charge on any atom is 0.262 e. The molecular weight excluding hydrogens is 523 g/mol. The Bertz CT molecular complexity index is 981. The van der Waals surface area contributed by atoms with Crippen LogP contribution in [0.5, 0.6) is 11.5 Å². The van der Waals surface area contributed by atoms with Crippen molar-refractivity contribution in [1.82, 2.24) is 4.90 Å². The fraction of sp³-hybridized carbons (Fsp3) is 0.364. The van der Waals surface area contributed by atoms with Crippen LogP contribution < -0.4 is 14.8 Å². The van der Waals surface area contributed by atoms with E-state index in [1.807, 2.05) is 12.1 Å². The molecule has 1 saturated heterocycles. The first kappa shape index (κ1) is 24.1. The molecule has 2 aromatic carbocycles. The fourth-order valence-electron chi connectivity index (χ4n) is 3.29. The number of nitrogens with zero attached hydrogens (tertiary/aromatic N) is 1. The lowest BCUT2D eigenvalue weighted by atomic mass is 9.99. The first-order valence-electron chi connectivity index (χ1n) is 9.83. The summed E-state index contributed by atoms with van der Waals surface area (Å²) in [5.41, 5.74) is 1.41. The quantitative estimate of drug-likeness (QED) is 0.438. The SMILES string of the molecule is COc1cc(C(=S)N2CCC(C)CC2)cc(Br)c1OCC(=O)Nc1ccc(Cl)c(Cl)c1. The summed E-state index contributed by atoms with van der Waals surface area (Å²) in [7, 11) is 1.56.